The predicted octanol–water partition coefficient (Wildman–Crippen LogP) is 4.87. The molecule has 2 aromatic rings. The van der Waals surface area contributed by atoms with Crippen LogP contribution in [-0.4, -0.2) is 17.2 Å². The molecule has 0 spiro atoms. The van der Waals surface area contributed by atoms with Crippen LogP contribution in [0.25, 0.3) is 11.1 Å². The van der Waals surface area contributed by atoms with Crippen molar-refractivity contribution in [1.82, 2.24) is 4.98 Å². The van der Waals surface area contributed by atoms with E-state index in [1.807, 2.05) is 0 Å². The molecule has 0 radical (unpaired) electrons. The van der Waals surface area contributed by atoms with E-state index in [0.29, 0.717) is 28.8 Å². The molecule has 8 heteroatoms. The molecule has 3 aliphatic rings. The number of carbonyl (C=O) groups excluding carboxylic acids is 1. The summed E-state index contributed by atoms with van der Waals surface area (Å²) in [6.45, 7) is 0. The number of pyridine rings is 1. The van der Waals surface area contributed by atoms with Gasteiger partial charge in [0.15, 0.2) is 11.5 Å². The lowest BCUT2D eigenvalue weighted by molar-refractivity contribution is -0.286. The Hall–Kier alpha value is -2.67. The predicted molar refractivity (Wildman–Crippen MR) is 98.4 cm³/mol. The standard InChI is InChI=1S/C20H15ClF2N2O3/c21-15-8-17-16(27-20(22,23)28-17)7-13(15)12-3-4-18(24-9-12)25-19(26)14-6-10-1-2-11(14)5-10/h1-4,7-11,14H,5-6H2,(H,24,25,26)/t10-,11+,14+/m0/s1. The Kier molecular flexibility index (Phi) is 3.84. The number of anilines is 1. The number of allylic oxidation sites excluding steroid dienone is 2. The Morgan fingerprint density at radius 1 is 1.18 bits per heavy atom. The zero-order valence-electron chi connectivity index (χ0n) is 14.5. The minimum absolute atomic E-state index is 0.0125. The largest absolute Gasteiger partial charge is 0.586 e. The van der Waals surface area contributed by atoms with Crippen LogP contribution in [0, 0.1) is 17.8 Å². The molecule has 1 N–H and O–H groups in total. The summed E-state index contributed by atoms with van der Waals surface area (Å²) in [6, 6.07) is 6.04. The number of nitrogens with one attached hydrogen (secondary N) is 1. The Bertz CT molecular complexity index is 994. The summed E-state index contributed by atoms with van der Waals surface area (Å²) in [5.74, 6) is 1.01. The van der Waals surface area contributed by atoms with E-state index in [1.54, 1.807) is 12.1 Å². The summed E-state index contributed by atoms with van der Waals surface area (Å²) >= 11 is 6.20. The number of hydrogen-bond donors (Lipinski definition) is 1. The third-order valence-corrected chi connectivity index (χ3v) is 5.75. The maximum Gasteiger partial charge on any atom is 0.586 e. The molecular formula is C20H15ClF2N2O3. The van der Waals surface area contributed by atoms with E-state index < -0.39 is 6.29 Å². The number of fused-ring (bicyclic) bond motifs is 3. The topological polar surface area (TPSA) is 60.5 Å². The molecule has 2 heterocycles. The molecule has 1 saturated carbocycles. The summed E-state index contributed by atoms with van der Waals surface area (Å²) in [7, 11) is 0. The Morgan fingerprint density at radius 2 is 1.96 bits per heavy atom. The summed E-state index contributed by atoms with van der Waals surface area (Å²) in [5.41, 5.74) is 1.08. The molecule has 1 amide bonds. The molecule has 3 atom stereocenters. The van der Waals surface area contributed by atoms with E-state index in [-0.39, 0.29) is 28.3 Å². The van der Waals surface area contributed by atoms with Gasteiger partial charge < -0.3 is 14.8 Å². The van der Waals surface area contributed by atoms with Gasteiger partial charge in [0.2, 0.25) is 5.91 Å². The number of nitrogens with zero attached hydrogens (tertiary/aromatic N) is 1. The van der Waals surface area contributed by atoms with Crippen LogP contribution in [0.5, 0.6) is 11.5 Å². The van der Waals surface area contributed by atoms with Gasteiger partial charge in [-0.25, -0.2) is 4.98 Å². The molecule has 144 valence electrons. The number of alkyl halides is 2. The molecule has 5 nitrogen and oxygen atoms in total. The monoisotopic (exact) mass is 404 g/mol. The molecule has 0 unspecified atom stereocenters. The van der Waals surface area contributed by atoms with E-state index in [1.165, 1.54) is 18.3 Å². The molecule has 2 aliphatic carbocycles. The van der Waals surface area contributed by atoms with Crippen LogP contribution in [-0.2, 0) is 4.79 Å². The zero-order valence-corrected chi connectivity index (χ0v) is 15.2. The molecule has 1 aromatic heterocycles. The van der Waals surface area contributed by atoms with E-state index >= 15 is 0 Å². The van der Waals surface area contributed by atoms with Crippen LogP contribution in [0.15, 0.2) is 42.6 Å². The van der Waals surface area contributed by atoms with E-state index in [2.05, 4.69) is 31.9 Å². The first-order valence-electron chi connectivity index (χ1n) is 8.93. The van der Waals surface area contributed by atoms with Crippen molar-refractivity contribution in [2.45, 2.75) is 19.1 Å². The van der Waals surface area contributed by atoms with Crippen LogP contribution in [0.2, 0.25) is 5.02 Å². The second-order valence-corrected chi connectivity index (χ2v) is 7.66. The first-order chi connectivity index (χ1) is 13.4. The van der Waals surface area contributed by atoms with E-state index in [0.717, 1.165) is 12.8 Å². The van der Waals surface area contributed by atoms with Gasteiger partial charge in [-0.3, -0.25) is 4.79 Å². The first kappa shape index (κ1) is 17.4. The normalized spacial score (nSPS) is 25.9. The average Bonchev–Trinajstić information content (AvgIpc) is 3.34. The quantitative estimate of drug-likeness (QED) is 0.741. The van der Waals surface area contributed by atoms with Crippen LogP contribution in [0.3, 0.4) is 0 Å². The van der Waals surface area contributed by atoms with Crippen molar-refractivity contribution in [3.05, 3.63) is 47.6 Å². The highest BCUT2D eigenvalue weighted by atomic mass is 35.5. The van der Waals surface area contributed by atoms with Gasteiger partial charge in [0.1, 0.15) is 5.82 Å². The number of amides is 1. The lowest BCUT2D eigenvalue weighted by Gasteiger charge is -2.17. The van der Waals surface area contributed by atoms with Gasteiger partial charge in [-0.2, -0.15) is 0 Å². The van der Waals surface area contributed by atoms with Crippen LogP contribution >= 0.6 is 11.6 Å². The second kappa shape index (κ2) is 6.17. The number of carbonyl (C=O) groups is 1. The smallest absolute Gasteiger partial charge is 0.395 e. The molecule has 1 fully saturated rings. The molecule has 1 aliphatic heterocycles. The Balaban J connectivity index is 1.33. The summed E-state index contributed by atoms with van der Waals surface area (Å²) in [6.07, 6.45) is 4.06. The van der Waals surface area contributed by atoms with Crippen LogP contribution in [0.1, 0.15) is 12.8 Å². The van der Waals surface area contributed by atoms with Crippen molar-refractivity contribution >= 4 is 23.3 Å². The number of halogens is 3. The van der Waals surface area contributed by atoms with Crippen LogP contribution in [0.4, 0.5) is 14.6 Å². The summed E-state index contributed by atoms with van der Waals surface area (Å²) < 4.78 is 35.3. The number of ether oxygens (including phenoxy) is 2. The second-order valence-electron chi connectivity index (χ2n) is 7.25. The third kappa shape index (κ3) is 2.99. The van der Waals surface area contributed by atoms with Crippen molar-refractivity contribution in [3.8, 4) is 22.6 Å². The Morgan fingerprint density at radius 3 is 2.61 bits per heavy atom. The van der Waals surface area contributed by atoms with Crippen LogP contribution < -0.4 is 14.8 Å². The highest BCUT2D eigenvalue weighted by Gasteiger charge is 2.44. The lowest BCUT2D eigenvalue weighted by atomic mass is 9.93. The fraction of sp³-hybridized carbons (Fsp3) is 0.300. The fourth-order valence-electron chi connectivity index (χ4n) is 4.12. The highest BCUT2D eigenvalue weighted by molar-refractivity contribution is 6.33. The van der Waals surface area contributed by atoms with Gasteiger partial charge in [-0.15, -0.1) is 8.78 Å². The summed E-state index contributed by atoms with van der Waals surface area (Å²) in [4.78, 5) is 16.8. The van der Waals surface area contributed by atoms with Crippen molar-refractivity contribution in [2.24, 2.45) is 17.8 Å². The first-order valence-corrected chi connectivity index (χ1v) is 9.31. The van der Waals surface area contributed by atoms with Gasteiger partial charge in [-0.05, 0) is 42.9 Å². The fourth-order valence-corrected chi connectivity index (χ4v) is 4.38. The van der Waals surface area contributed by atoms with Gasteiger partial charge in [0.25, 0.3) is 0 Å². The maximum absolute atomic E-state index is 13.2. The van der Waals surface area contributed by atoms with Gasteiger partial charge in [0.05, 0.1) is 5.02 Å². The van der Waals surface area contributed by atoms with Crippen molar-refractivity contribution in [1.29, 1.82) is 0 Å². The number of hydrogen-bond acceptors (Lipinski definition) is 4. The molecule has 1 aromatic carbocycles. The SMILES string of the molecule is O=C(Nc1ccc(-c2cc3c(cc2Cl)OC(F)(F)O3)cn1)[C@@H]1C[C@H]2C=C[C@@H]1C2. The van der Waals surface area contributed by atoms with Crippen molar-refractivity contribution in [3.63, 3.8) is 0 Å². The zero-order chi connectivity index (χ0) is 19.5. The van der Waals surface area contributed by atoms with E-state index in [4.69, 9.17) is 11.6 Å². The van der Waals surface area contributed by atoms with Crippen molar-refractivity contribution in [2.75, 3.05) is 5.32 Å². The van der Waals surface area contributed by atoms with Gasteiger partial charge in [-0.1, -0.05) is 23.8 Å². The van der Waals surface area contributed by atoms with E-state index in [9.17, 15) is 13.6 Å². The van der Waals surface area contributed by atoms with Gasteiger partial charge >= 0.3 is 6.29 Å². The van der Waals surface area contributed by atoms with Crippen molar-refractivity contribution < 1.29 is 23.0 Å². The lowest BCUT2D eigenvalue weighted by Crippen LogP contribution is -2.26. The number of benzene rings is 1. The minimum Gasteiger partial charge on any atom is -0.395 e. The average molecular weight is 405 g/mol. The maximum atomic E-state index is 13.2. The van der Waals surface area contributed by atoms with Gasteiger partial charge in [0, 0.05) is 29.3 Å². The summed E-state index contributed by atoms with van der Waals surface area (Å²) in [5, 5.41) is 3.08. The number of aromatic nitrogens is 1. The Labute approximate surface area is 164 Å². The molecule has 28 heavy (non-hydrogen) atoms. The molecule has 2 bridgehead atoms. The minimum atomic E-state index is -3.70. The third-order valence-electron chi connectivity index (χ3n) is 5.43. The molecular weight excluding hydrogens is 390 g/mol. The highest BCUT2D eigenvalue weighted by Crippen LogP contribution is 2.46. The molecule has 0 saturated heterocycles. The molecule has 5 rings (SSSR count). The number of rotatable bonds is 3.